The summed E-state index contributed by atoms with van der Waals surface area (Å²) in [6, 6.07) is 6.76. The number of aliphatic hydroxyl groups excluding tert-OH is 1. The van der Waals surface area contributed by atoms with E-state index in [1.54, 1.807) is 6.07 Å². The zero-order valence-electron chi connectivity index (χ0n) is 16.2. The van der Waals surface area contributed by atoms with E-state index in [2.05, 4.69) is 5.73 Å². The first-order chi connectivity index (χ1) is 14.9. The molecule has 0 bridgehead atoms. The summed E-state index contributed by atoms with van der Waals surface area (Å²) >= 11 is 1.43. The average Bonchev–Trinajstić information content (AvgIpc) is 2.69. The number of ether oxygens (including phenoxy) is 1. The molecule has 13 heteroatoms. The number of halogens is 3. The molecule has 1 aliphatic heterocycles. The molecule has 0 aromatic heterocycles. The Kier molecular flexibility index (Phi) is 7.93. The van der Waals surface area contributed by atoms with Crippen LogP contribution in [-0.4, -0.2) is 56.1 Å². The van der Waals surface area contributed by atoms with E-state index in [1.807, 2.05) is 0 Å². The predicted octanol–water partition coefficient (Wildman–Crippen LogP) is 0.318. The van der Waals surface area contributed by atoms with Gasteiger partial charge in [0, 0.05) is 17.9 Å². The molecule has 1 aliphatic rings. The zero-order chi connectivity index (χ0) is 24.2. The van der Waals surface area contributed by atoms with Crippen molar-refractivity contribution >= 4 is 17.7 Å². The number of carboxylic acids is 1. The molecule has 0 saturated heterocycles. The maximum absolute atomic E-state index is 10.8. The van der Waals surface area contributed by atoms with Gasteiger partial charge >= 0.3 is 6.18 Å². The van der Waals surface area contributed by atoms with Gasteiger partial charge in [-0.3, -0.25) is 0 Å². The minimum atomic E-state index is -5.19. The smallest absolute Gasteiger partial charge is 0.430 e. The van der Waals surface area contributed by atoms with Gasteiger partial charge < -0.3 is 45.9 Å². The van der Waals surface area contributed by atoms with Gasteiger partial charge in [0.1, 0.15) is 29.3 Å². The molecule has 0 aliphatic carbocycles. The van der Waals surface area contributed by atoms with Crippen molar-refractivity contribution in [3.8, 4) is 28.7 Å². The van der Waals surface area contributed by atoms with E-state index in [9.17, 15) is 38.7 Å². The monoisotopic (exact) mass is 479 g/mol. The Morgan fingerprint density at radius 3 is 2.25 bits per heavy atom. The van der Waals surface area contributed by atoms with Gasteiger partial charge in [0.05, 0.1) is 17.4 Å². The molecular weight excluding hydrogens is 459 g/mol. The number of benzene rings is 2. The highest BCUT2D eigenvalue weighted by atomic mass is 32.2. The van der Waals surface area contributed by atoms with E-state index in [0.29, 0.717) is 23.4 Å². The number of quaternary nitrogens is 1. The van der Waals surface area contributed by atoms with Crippen LogP contribution in [0.2, 0.25) is 0 Å². The number of hydrogen-bond acceptors (Lipinski definition) is 9. The Morgan fingerprint density at radius 2 is 1.72 bits per heavy atom. The lowest BCUT2D eigenvalue weighted by atomic mass is 9.93. The van der Waals surface area contributed by atoms with Crippen molar-refractivity contribution in [3.63, 3.8) is 0 Å². The summed E-state index contributed by atoms with van der Waals surface area (Å²) in [5, 5.41) is 58.3. The summed E-state index contributed by atoms with van der Waals surface area (Å²) in [6.07, 6.45) is -7.04. The van der Waals surface area contributed by atoms with Crippen LogP contribution in [-0.2, 0) is 4.79 Å². The number of carboxylic acid groups (broad SMARTS) is 1. The predicted molar refractivity (Wildman–Crippen MR) is 103 cm³/mol. The van der Waals surface area contributed by atoms with Gasteiger partial charge in [-0.2, -0.15) is 13.2 Å². The van der Waals surface area contributed by atoms with Crippen LogP contribution in [0.5, 0.6) is 28.7 Å². The number of alkyl halides is 3. The van der Waals surface area contributed by atoms with E-state index >= 15 is 0 Å². The number of fused-ring (bicyclic) bond motifs is 1. The second kappa shape index (κ2) is 10.1. The normalized spacial score (nSPS) is 19.8. The number of aromatic hydroxyl groups is 4. The van der Waals surface area contributed by atoms with E-state index in [0.717, 1.165) is 0 Å². The van der Waals surface area contributed by atoms with Crippen LogP contribution in [0, 0.1) is 0 Å². The summed E-state index contributed by atoms with van der Waals surface area (Å²) in [5.41, 5.74) is 4.68. The quantitative estimate of drug-likeness (QED) is 0.337. The van der Waals surface area contributed by atoms with Crippen molar-refractivity contribution in [1.29, 1.82) is 0 Å². The highest BCUT2D eigenvalue weighted by Gasteiger charge is 2.40. The number of thioether (sulfide) groups is 1. The van der Waals surface area contributed by atoms with Gasteiger partial charge in [0.15, 0.2) is 17.6 Å². The lowest BCUT2D eigenvalue weighted by molar-refractivity contribution is -0.360. The number of aliphatic hydroxyl groups is 1. The highest BCUT2D eigenvalue weighted by molar-refractivity contribution is 7.99. The molecule has 1 heterocycles. The minimum absolute atomic E-state index is 0.150. The number of rotatable bonds is 4. The third-order valence-electron chi connectivity index (χ3n) is 4.27. The molecule has 9 nitrogen and oxygen atoms in total. The third kappa shape index (κ3) is 5.81. The van der Waals surface area contributed by atoms with Crippen LogP contribution in [0.1, 0.15) is 22.5 Å². The van der Waals surface area contributed by atoms with E-state index in [1.165, 1.54) is 36.0 Å². The van der Waals surface area contributed by atoms with Gasteiger partial charge in [0.2, 0.25) is 0 Å². The van der Waals surface area contributed by atoms with Gasteiger partial charge in [-0.05, 0) is 17.7 Å². The van der Waals surface area contributed by atoms with Crippen molar-refractivity contribution in [2.24, 2.45) is 0 Å². The van der Waals surface area contributed by atoms with Crippen molar-refractivity contribution in [3.05, 3.63) is 41.5 Å². The zero-order valence-corrected chi connectivity index (χ0v) is 17.1. The van der Waals surface area contributed by atoms with Crippen LogP contribution < -0.4 is 15.6 Å². The number of hydrogen-bond donors (Lipinski definition) is 6. The fourth-order valence-corrected chi connectivity index (χ4v) is 4.06. The Bertz CT molecular complexity index is 972. The van der Waals surface area contributed by atoms with E-state index in [4.69, 9.17) is 14.6 Å². The molecule has 0 saturated carbocycles. The lowest BCUT2D eigenvalue weighted by Crippen LogP contribution is -2.51. The standard InChI is InChI=1S/C17H19NO6S.C2HF3O2/c18-3-4-25-17-14-12(22)6-9(19)7-13(14)24-16(15(17)23)8-1-2-10(20)11(21)5-8;3-2(4,5)1(6)7/h1-2,5-7,15-17,19-23H,3-4,18H2;(H,6,7)/t15-,16+,17-;/m0./s1. The molecule has 0 unspecified atom stereocenters. The molecule has 0 radical (unpaired) electrons. The van der Waals surface area contributed by atoms with Crippen molar-refractivity contribution < 1.29 is 59.1 Å². The first-order valence-corrected chi connectivity index (χ1v) is 10.0. The molecule has 8 N–H and O–H groups in total. The fraction of sp³-hybridized carbons (Fsp3) is 0.316. The number of aliphatic carboxylic acids is 1. The average molecular weight is 479 g/mol. The number of phenolic OH excluding ortho intramolecular Hbond substituents is 4. The second-order valence-electron chi connectivity index (χ2n) is 6.58. The topological polar surface area (TPSA) is 178 Å². The molecule has 0 amide bonds. The van der Waals surface area contributed by atoms with Crippen LogP contribution >= 0.6 is 11.8 Å². The van der Waals surface area contributed by atoms with Gasteiger partial charge in [-0.15, -0.1) is 11.8 Å². The first kappa shape index (κ1) is 25.2. The van der Waals surface area contributed by atoms with Crippen LogP contribution in [0.15, 0.2) is 30.3 Å². The lowest BCUT2D eigenvalue weighted by Gasteiger charge is -2.37. The maximum Gasteiger partial charge on any atom is 0.430 e. The molecule has 0 fully saturated rings. The van der Waals surface area contributed by atoms with Gasteiger partial charge in [-0.1, -0.05) is 6.07 Å². The second-order valence-corrected chi connectivity index (χ2v) is 7.83. The molecule has 2 aromatic rings. The number of carbonyl (C=O) groups excluding carboxylic acids is 1. The van der Waals surface area contributed by atoms with Crippen molar-refractivity contribution in [2.75, 3.05) is 12.3 Å². The van der Waals surface area contributed by atoms with E-state index < -0.39 is 29.6 Å². The molecule has 3 rings (SSSR count). The van der Waals surface area contributed by atoms with Crippen LogP contribution in [0.3, 0.4) is 0 Å². The summed E-state index contributed by atoms with van der Waals surface area (Å²) < 4.78 is 37.4. The highest BCUT2D eigenvalue weighted by Crippen LogP contribution is 2.52. The first-order valence-electron chi connectivity index (χ1n) is 8.98. The maximum atomic E-state index is 10.8. The van der Waals surface area contributed by atoms with Gasteiger partial charge in [0.25, 0.3) is 0 Å². The van der Waals surface area contributed by atoms with Crippen LogP contribution in [0.25, 0.3) is 0 Å². The Hall–Kier alpha value is -3.03. The summed E-state index contributed by atoms with van der Waals surface area (Å²) in [6.45, 7) is 0.646. The summed E-state index contributed by atoms with van der Waals surface area (Å²) in [4.78, 5) is 8.78. The molecule has 176 valence electrons. The Balaban J connectivity index is 0.000000451. The largest absolute Gasteiger partial charge is 0.542 e. The van der Waals surface area contributed by atoms with Crippen LogP contribution in [0.4, 0.5) is 13.2 Å². The van der Waals surface area contributed by atoms with E-state index in [-0.39, 0.29) is 28.7 Å². The Labute approximate surface area is 183 Å². The van der Waals surface area contributed by atoms with Crippen molar-refractivity contribution in [2.45, 2.75) is 23.6 Å². The molecule has 0 spiro atoms. The minimum Gasteiger partial charge on any atom is -0.542 e. The molecule has 32 heavy (non-hydrogen) atoms. The van der Waals surface area contributed by atoms with Crippen molar-refractivity contribution in [1.82, 2.24) is 0 Å². The third-order valence-corrected chi connectivity index (χ3v) is 5.66. The summed E-state index contributed by atoms with van der Waals surface area (Å²) in [7, 11) is 0. The Morgan fingerprint density at radius 1 is 1.09 bits per heavy atom. The number of carbonyl (C=O) groups is 1. The fourth-order valence-electron chi connectivity index (χ4n) is 2.89. The molecule has 3 atom stereocenters. The van der Waals surface area contributed by atoms with Gasteiger partial charge in [-0.25, -0.2) is 0 Å². The molecular formula is C19H20F3NO8S. The number of phenols is 4. The summed E-state index contributed by atoms with van der Waals surface area (Å²) in [5.74, 6) is -2.97. The molecule has 2 aromatic carbocycles. The SMILES string of the molecule is O=C([O-])C(F)(F)F.[NH3+]CCS[C@H]1c2c(O)cc(O)cc2O[C@H](c2ccc(O)c(O)c2)[C@@H]1O.